The van der Waals surface area contributed by atoms with E-state index >= 15 is 0 Å². The van der Waals surface area contributed by atoms with E-state index in [1.54, 1.807) is 0 Å². The van der Waals surface area contributed by atoms with Crippen LogP contribution >= 0.6 is 23.5 Å². The molecule has 2 heterocycles. The van der Waals surface area contributed by atoms with Gasteiger partial charge in [0.25, 0.3) is 0 Å². The minimum atomic E-state index is -0.216. The highest BCUT2D eigenvalue weighted by Crippen LogP contribution is 2.43. The smallest absolute Gasteiger partial charge is 0.244 e. The van der Waals surface area contributed by atoms with Crippen LogP contribution in [0.2, 0.25) is 0 Å². The molecule has 6 heteroatoms. The van der Waals surface area contributed by atoms with E-state index in [1.807, 2.05) is 23.5 Å². The third-order valence-corrected chi connectivity index (χ3v) is 6.88. The van der Waals surface area contributed by atoms with Crippen molar-refractivity contribution >= 4 is 23.5 Å². The van der Waals surface area contributed by atoms with Crippen LogP contribution < -0.4 is 5.73 Å². The van der Waals surface area contributed by atoms with Crippen molar-refractivity contribution in [1.82, 2.24) is 10.1 Å². The summed E-state index contributed by atoms with van der Waals surface area (Å²) in [5.74, 6) is 2.39. The lowest BCUT2D eigenvalue weighted by molar-refractivity contribution is 0.252. The van der Waals surface area contributed by atoms with Gasteiger partial charge in [0.2, 0.25) is 5.89 Å². The lowest BCUT2D eigenvalue weighted by Crippen LogP contribution is -2.26. The van der Waals surface area contributed by atoms with Crippen molar-refractivity contribution in [2.75, 3.05) is 5.75 Å². The van der Waals surface area contributed by atoms with Crippen molar-refractivity contribution in [3.8, 4) is 0 Å². The zero-order valence-corrected chi connectivity index (χ0v) is 13.8. The summed E-state index contributed by atoms with van der Waals surface area (Å²) in [5.41, 5.74) is 6.09. The first kappa shape index (κ1) is 15.2. The molecule has 1 saturated heterocycles. The number of nitrogens with two attached hydrogens (primary N) is 1. The molecule has 19 heavy (non-hydrogen) atoms. The maximum Gasteiger partial charge on any atom is 0.244 e. The Kier molecular flexibility index (Phi) is 4.52. The fourth-order valence-electron chi connectivity index (χ4n) is 1.79. The second kappa shape index (κ2) is 5.66. The topological polar surface area (TPSA) is 64.9 Å². The number of rotatable bonds is 2. The molecule has 1 aromatic heterocycles. The number of hydrogen-bond acceptors (Lipinski definition) is 6. The van der Waals surface area contributed by atoms with Crippen molar-refractivity contribution < 1.29 is 4.52 Å². The van der Waals surface area contributed by atoms with Gasteiger partial charge in [-0.2, -0.15) is 16.7 Å². The average molecular weight is 301 g/mol. The minimum absolute atomic E-state index is 0.0694. The molecule has 0 spiro atoms. The quantitative estimate of drug-likeness (QED) is 0.903. The number of nitrogens with zero attached hydrogens (tertiary/aromatic N) is 2. The highest BCUT2D eigenvalue weighted by atomic mass is 32.2. The Morgan fingerprint density at radius 3 is 2.58 bits per heavy atom. The van der Waals surface area contributed by atoms with Gasteiger partial charge in [-0.15, -0.1) is 11.8 Å². The second-order valence-electron chi connectivity index (χ2n) is 6.20. The summed E-state index contributed by atoms with van der Waals surface area (Å²) in [5, 5.41) is 5.75. The van der Waals surface area contributed by atoms with Gasteiger partial charge in [0.1, 0.15) is 0 Å². The van der Waals surface area contributed by atoms with Gasteiger partial charge in [0.15, 0.2) is 5.82 Å². The van der Waals surface area contributed by atoms with Gasteiger partial charge in [0.05, 0.1) is 11.3 Å². The molecule has 4 unspecified atom stereocenters. The van der Waals surface area contributed by atoms with E-state index in [9.17, 15) is 0 Å². The molecule has 0 aromatic carbocycles. The highest BCUT2D eigenvalue weighted by molar-refractivity contribution is 8.07. The molecule has 1 aliphatic heterocycles. The van der Waals surface area contributed by atoms with Gasteiger partial charge in [-0.05, 0) is 5.41 Å². The summed E-state index contributed by atoms with van der Waals surface area (Å²) in [6, 6.07) is -0.216. The number of hydrogen-bond donors (Lipinski definition) is 1. The minimum Gasteiger partial charge on any atom is -0.338 e. The summed E-state index contributed by atoms with van der Waals surface area (Å²) in [7, 11) is 0. The van der Waals surface area contributed by atoms with Crippen LogP contribution in [0.15, 0.2) is 4.52 Å². The summed E-state index contributed by atoms with van der Waals surface area (Å²) in [6.07, 6.45) is 0. The van der Waals surface area contributed by atoms with Crippen LogP contribution in [0.3, 0.4) is 0 Å². The van der Waals surface area contributed by atoms with Crippen LogP contribution in [0.1, 0.15) is 57.6 Å². The van der Waals surface area contributed by atoms with E-state index in [-0.39, 0.29) is 11.5 Å². The summed E-state index contributed by atoms with van der Waals surface area (Å²) < 4.78 is 5.36. The van der Waals surface area contributed by atoms with E-state index in [1.165, 1.54) is 0 Å². The van der Waals surface area contributed by atoms with Crippen LogP contribution in [-0.4, -0.2) is 26.4 Å². The molecule has 0 aliphatic carbocycles. The van der Waals surface area contributed by atoms with Gasteiger partial charge in [-0.3, -0.25) is 0 Å². The first-order chi connectivity index (χ1) is 8.79. The van der Waals surface area contributed by atoms with E-state index in [0.717, 1.165) is 11.6 Å². The van der Waals surface area contributed by atoms with Gasteiger partial charge >= 0.3 is 0 Å². The lowest BCUT2D eigenvalue weighted by atomic mass is 9.87. The maximum absolute atomic E-state index is 6.16. The monoisotopic (exact) mass is 301 g/mol. The van der Waals surface area contributed by atoms with Crippen LogP contribution in [-0.2, 0) is 0 Å². The first-order valence-electron chi connectivity index (χ1n) is 6.65. The second-order valence-corrected chi connectivity index (χ2v) is 9.20. The average Bonchev–Trinajstić information content (AvgIpc) is 2.79. The molecule has 1 fully saturated rings. The van der Waals surface area contributed by atoms with Crippen molar-refractivity contribution in [1.29, 1.82) is 0 Å². The molecule has 4 nitrogen and oxygen atoms in total. The third kappa shape index (κ3) is 3.47. The van der Waals surface area contributed by atoms with Gasteiger partial charge in [-0.25, -0.2) is 0 Å². The molecule has 4 atom stereocenters. The largest absolute Gasteiger partial charge is 0.338 e. The molecule has 0 radical (unpaired) electrons. The Morgan fingerprint density at radius 2 is 2.00 bits per heavy atom. The number of thioether (sulfide) groups is 2. The Labute approximate surface area is 123 Å². The first-order valence-corrected chi connectivity index (χ1v) is 8.64. The van der Waals surface area contributed by atoms with Gasteiger partial charge in [-0.1, -0.05) is 39.8 Å². The van der Waals surface area contributed by atoms with Crippen molar-refractivity contribution in [2.45, 2.75) is 56.4 Å². The predicted molar refractivity (Wildman–Crippen MR) is 82.4 cm³/mol. The third-order valence-electron chi connectivity index (χ3n) is 3.49. The van der Waals surface area contributed by atoms with Gasteiger partial charge < -0.3 is 10.3 Å². The Balaban J connectivity index is 2.09. The van der Waals surface area contributed by atoms with Crippen LogP contribution in [0.5, 0.6) is 0 Å². The number of aromatic nitrogens is 2. The Hall–Kier alpha value is -0.200. The maximum atomic E-state index is 6.16. The molecule has 108 valence electrons. The van der Waals surface area contributed by atoms with Crippen LogP contribution in [0.4, 0.5) is 0 Å². The molecule has 2 N–H and O–H groups in total. The molecule has 1 aromatic rings. The van der Waals surface area contributed by atoms with Crippen molar-refractivity contribution in [3.05, 3.63) is 11.7 Å². The van der Waals surface area contributed by atoms with Gasteiger partial charge in [0, 0.05) is 16.3 Å². The normalized spacial score (nSPS) is 30.3. The molecule has 0 amide bonds. The molecular weight excluding hydrogens is 278 g/mol. The highest BCUT2D eigenvalue weighted by Gasteiger charge is 2.32. The zero-order chi connectivity index (χ0) is 14.2. The van der Waals surface area contributed by atoms with E-state index in [4.69, 9.17) is 10.3 Å². The van der Waals surface area contributed by atoms with Crippen LogP contribution in [0, 0.1) is 5.41 Å². The Morgan fingerprint density at radius 1 is 1.32 bits per heavy atom. The standard InChI is InChI=1S/C13H23N3OS2/c1-7-8(2)19-9(6-18-7)11-15-12(17-16-11)10(14)13(3,4)5/h7-10H,6,14H2,1-5H3. The lowest BCUT2D eigenvalue weighted by Gasteiger charge is -2.29. The SMILES string of the molecule is CC1SCC(c2noc(C(N)C(C)(C)C)n2)SC1C. The molecule has 0 bridgehead atoms. The fourth-order valence-corrected chi connectivity index (χ4v) is 4.63. The summed E-state index contributed by atoms with van der Waals surface area (Å²) in [6.45, 7) is 10.8. The fraction of sp³-hybridized carbons (Fsp3) is 0.846. The Bertz CT molecular complexity index is 430. The molecule has 0 saturated carbocycles. The summed E-state index contributed by atoms with van der Waals surface area (Å²) >= 11 is 3.91. The molecule has 2 rings (SSSR count). The van der Waals surface area contributed by atoms with Crippen molar-refractivity contribution in [3.63, 3.8) is 0 Å². The van der Waals surface area contributed by atoms with Crippen molar-refractivity contribution in [2.24, 2.45) is 11.1 Å². The molecular formula is C13H23N3OS2. The molecule has 1 aliphatic rings. The predicted octanol–water partition coefficient (Wildman–Crippen LogP) is 3.41. The van der Waals surface area contributed by atoms with Crippen LogP contribution in [0.25, 0.3) is 0 Å². The van der Waals surface area contributed by atoms with E-state index in [2.05, 4.69) is 44.8 Å². The zero-order valence-electron chi connectivity index (χ0n) is 12.2. The summed E-state index contributed by atoms with van der Waals surface area (Å²) in [4.78, 5) is 4.52. The van der Waals surface area contributed by atoms with E-state index in [0.29, 0.717) is 21.6 Å². The van der Waals surface area contributed by atoms with E-state index < -0.39 is 0 Å².